The summed E-state index contributed by atoms with van der Waals surface area (Å²) in [6.45, 7) is 3.65. The Balaban J connectivity index is 1.50. The van der Waals surface area contributed by atoms with E-state index in [9.17, 15) is 19.8 Å². The fourth-order valence-electron chi connectivity index (χ4n) is 3.84. The minimum absolute atomic E-state index is 0.169. The summed E-state index contributed by atoms with van der Waals surface area (Å²) >= 11 is 0. The number of β-amino-alcohol motifs (C(OH)–C–C–N with tert-alkyl or cyclic N) is 2. The van der Waals surface area contributed by atoms with Crippen LogP contribution in [0.1, 0.15) is 25.7 Å². The molecule has 4 atom stereocenters. The molecule has 8 heteroatoms. The second-order valence-electron chi connectivity index (χ2n) is 7.23. The molecule has 0 bridgehead atoms. The smallest absolute Gasteiger partial charge is 0.244 e. The van der Waals surface area contributed by atoms with E-state index < -0.39 is 12.1 Å². The van der Waals surface area contributed by atoms with Gasteiger partial charge in [0.2, 0.25) is 11.8 Å². The van der Waals surface area contributed by atoms with Crippen molar-refractivity contribution in [3.63, 3.8) is 0 Å². The molecule has 0 aromatic carbocycles. The van der Waals surface area contributed by atoms with Gasteiger partial charge in [-0.3, -0.25) is 19.4 Å². The van der Waals surface area contributed by atoms with Gasteiger partial charge >= 0.3 is 0 Å². The summed E-state index contributed by atoms with van der Waals surface area (Å²) < 4.78 is 0. The average molecular weight is 340 g/mol. The molecule has 4 N–H and O–H groups in total. The Morgan fingerprint density at radius 3 is 1.62 bits per heavy atom. The lowest BCUT2D eigenvalue weighted by Gasteiger charge is -2.38. The fraction of sp³-hybridized carbons (Fsp3) is 0.875. The van der Waals surface area contributed by atoms with Crippen LogP contribution in [0, 0.1) is 0 Å². The van der Waals surface area contributed by atoms with Crippen molar-refractivity contribution < 1.29 is 19.8 Å². The third kappa shape index (κ3) is 4.44. The van der Waals surface area contributed by atoms with Crippen LogP contribution >= 0.6 is 0 Å². The molecular formula is C16H28N4O4. The summed E-state index contributed by atoms with van der Waals surface area (Å²) in [6, 6.07) is -1.13. The minimum Gasteiger partial charge on any atom is -0.392 e. The molecule has 0 aromatic heterocycles. The number of hydrogen-bond acceptors (Lipinski definition) is 6. The number of piperidine rings is 2. The zero-order chi connectivity index (χ0) is 17.1. The van der Waals surface area contributed by atoms with Crippen LogP contribution in [-0.2, 0) is 9.59 Å². The topological polar surface area (TPSA) is 105 Å². The Morgan fingerprint density at radius 2 is 1.25 bits per heavy atom. The molecular weight excluding hydrogens is 312 g/mol. The van der Waals surface area contributed by atoms with Crippen molar-refractivity contribution in [2.45, 2.75) is 50.0 Å². The first-order chi connectivity index (χ1) is 11.5. The molecule has 0 aliphatic carbocycles. The largest absolute Gasteiger partial charge is 0.392 e. The summed E-state index contributed by atoms with van der Waals surface area (Å²) in [5.74, 6) is -0.338. The van der Waals surface area contributed by atoms with E-state index in [4.69, 9.17) is 0 Å². The maximum absolute atomic E-state index is 12.3. The van der Waals surface area contributed by atoms with Gasteiger partial charge in [-0.05, 0) is 38.8 Å². The van der Waals surface area contributed by atoms with Crippen LogP contribution in [-0.4, -0.2) is 95.4 Å². The van der Waals surface area contributed by atoms with E-state index in [2.05, 4.69) is 10.6 Å². The summed E-state index contributed by atoms with van der Waals surface area (Å²) in [5.41, 5.74) is 0. The minimum atomic E-state index is -0.564. The maximum atomic E-state index is 12.3. The van der Waals surface area contributed by atoms with Gasteiger partial charge in [-0.25, -0.2) is 0 Å². The highest BCUT2D eigenvalue weighted by Gasteiger charge is 2.36. The van der Waals surface area contributed by atoms with Gasteiger partial charge in [-0.15, -0.1) is 0 Å². The first-order valence-corrected chi connectivity index (χ1v) is 8.93. The van der Waals surface area contributed by atoms with Crippen LogP contribution in [0.25, 0.3) is 0 Å². The number of amides is 2. The molecule has 0 saturated carbocycles. The van der Waals surface area contributed by atoms with E-state index >= 15 is 0 Å². The van der Waals surface area contributed by atoms with Gasteiger partial charge in [-0.1, -0.05) is 0 Å². The van der Waals surface area contributed by atoms with Crippen molar-refractivity contribution in [2.24, 2.45) is 0 Å². The number of nitrogens with one attached hydrogen (secondary N) is 2. The molecule has 3 aliphatic heterocycles. The molecule has 3 aliphatic rings. The van der Waals surface area contributed by atoms with Gasteiger partial charge in [0.1, 0.15) is 12.1 Å². The van der Waals surface area contributed by atoms with Crippen LogP contribution in [0.5, 0.6) is 0 Å². The monoisotopic (exact) mass is 340 g/mol. The molecule has 2 amide bonds. The van der Waals surface area contributed by atoms with Crippen LogP contribution in [0.4, 0.5) is 0 Å². The van der Waals surface area contributed by atoms with Crippen molar-refractivity contribution in [1.82, 2.24) is 20.4 Å². The molecule has 0 aromatic rings. The van der Waals surface area contributed by atoms with Crippen molar-refractivity contribution in [3.05, 3.63) is 0 Å². The van der Waals surface area contributed by atoms with Gasteiger partial charge in [0, 0.05) is 26.2 Å². The highest BCUT2D eigenvalue weighted by atomic mass is 16.3. The van der Waals surface area contributed by atoms with Crippen LogP contribution < -0.4 is 10.6 Å². The molecule has 3 fully saturated rings. The average Bonchev–Trinajstić information content (AvgIpc) is 2.52. The summed E-state index contributed by atoms with van der Waals surface area (Å²) in [4.78, 5) is 28.7. The van der Waals surface area contributed by atoms with Crippen molar-refractivity contribution >= 4 is 11.8 Å². The number of piperazine rings is 1. The lowest BCUT2D eigenvalue weighted by atomic mass is 10.0. The Morgan fingerprint density at radius 1 is 0.833 bits per heavy atom. The zero-order valence-electron chi connectivity index (χ0n) is 14.0. The fourth-order valence-corrected chi connectivity index (χ4v) is 3.84. The van der Waals surface area contributed by atoms with Crippen molar-refractivity contribution in [2.75, 3.05) is 39.3 Å². The first kappa shape index (κ1) is 17.6. The second-order valence-corrected chi connectivity index (χ2v) is 7.23. The number of carbonyl (C=O) groups is 2. The Bertz CT molecular complexity index is 433. The highest BCUT2D eigenvalue weighted by Crippen LogP contribution is 2.13. The predicted molar refractivity (Wildman–Crippen MR) is 87.2 cm³/mol. The number of nitrogens with zero attached hydrogens (tertiary/aromatic N) is 2. The molecule has 0 unspecified atom stereocenters. The van der Waals surface area contributed by atoms with E-state index in [1.54, 1.807) is 0 Å². The van der Waals surface area contributed by atoms with Crippen molar-refractivity contribution in [3.8, 4) is 0 Å². The number of carbonyl (C=O) groups excluding carboxylic acids is 2. The van der Waals surface area contributed by atoms with Gasteiger partial charge in [0.25, 0.3) is 0 Å². The normalized spacial score (nSPS) is 36.2. The lowest BCUT2D eigenvalue weighted by Crippen LogP contribution is -2.67. The van der Waals surface area contributed by atoms with Gasteiger partial charge < -0.3 is 20.8 Å². The first-order valence-electron chi connectivity index (χ1n) is 8.93. The van der Waals surface area contributed by atoms with E-state index in [1.165, 1.54) is 0 Å². The molecule has 136 valence electrons. The van der Waals surface area contributed by atoms with Crippen LogP contribution in [0.3, 0.4) is 0 Å². The number of aliphatic hydroxyl groups is 2. The predicted octanol–water partition coefficient (Wildman–Crippen LogP) is -2.12. The zero-order valence-corrected chi connectivity index (χ0v) is 14.0. The Hall–Kier alpha value is -1.22. The molecule has 8 nitrogen and oxygen atoms in total. The molecule has 3 rings (SSSR count). The third-order valence-corrected chi connectivity index (χ3v) is 5.11. The van der Waals surface area contributed by atoms with Crippen LogP contribution in [0.2, 0.25) is 0 Å². The van der Waals surface area contributed by atoms with Gasteiger partial charge in [0.15, 0.2) is 0 Å². The summed E-state index contributed by atoms with van der Waals surface area (Å²) in [7, 11) is 0. The van der Waals surface area contributed by atoms with E-state index in [1.807, 2.05) is 9.80 Å². The SMILES string of the molecule is O=C1N[C@H](CN2CCC[C@H](O)C2)C(=O)N[C@@H]1CN1CCC[C@@H](O)C1. The van der Waals surface area contributed by atoms with E-state index in [-0.39, 0.29) is 24.0 Å². The molecule has 0 spiro atoms. The molecule has 0 radical (unpaired) electrons. The van der Waals surface area contributed by atoms with E-state index in [0.29, 0.717) is 26.2 Å². The standard InChI is InChI=1S/C16H28N4O4/c21-11-3-1-5-19(7-11)9-13-15(23)18-14(16(24)17-13)10-20-6-2-4-12(22)8-20/h11-14,21-22H,1-10H2,(H,17,24)(H,18,23)/t11-,12+,13-,14-/m1/s1. The van der Waals surface area contributed by atoms with Gasteiger partial charge in [-0.2, -0.15) is 0 Å². The number of likely N-dealkylation sites (tertiary alicyclic amines) is 2. The number of hydrogen-bond donors (Lipinski definition) is 4. The van der Waals surface area contributed by atoms with Gasteiger partial charge in [0.05, 0.1) is 12.2 Å². The summed E-state index contributed by atoms with van der Waals surface area (Å²) in [5, 5.41) is 25.1. The molecule has 3 heterocycles. The Kier molecular flexibility index (Phi) is 5.70. The lowest BCUT2D eigenvalue weighted by molar-refractivity contribution is -0.138. The molecule has 3 saturated heterocycles. The quantitative estimate of drug-likeness (QED) is 0.467. The highest BCUT2D eigenvalue weighted by molar-refractivity contribution is 5.97. The van der Waals surface area contributed by atoms with E-state index in [0.717, 1.165) is 38.8 Å². The maximum Gasteiger partial charge on any atom is 0.244 e. The Labute approximate surface area is 142 Å². The van der Waals surface area contributed by atoms with Crippen molar-refractivity contribution in [1.29, 1.82) is 0 Å². The number of rotatable bonds is 4. The number of aliphatic hydroxyl groups excluding tert-OH is 2. The molecule has 24 heavy (non-hydrogen) atoms. The van der Waals surface area contributed by atoms with Crippen LogP contribution in [0.15, 0.2) is 0 Å². The third-order valence-electron chi connectivity index (χ3n) is 5.11. The second kappa shape index (κ2) is 7.77. The summed E-state index contributed by atoms with van der Waals surface area (Å²) in [6.07, 6.45) is 2.71.